The molecule has 424 valence electrons. The molecule has 13 aromatic rings. The Balaban J connectivity index is 0.780. The highest BCUT2D eigenvalue weighted by atomic mass is 15.1. The molecule has 4 aliphatic carbocycles. The van der Waals surface area contributed by atoms with E-state index in [-0.39, 0.29) is 16.7 Å². The van der Waals surface area contributed by atoms with Crippen molar-refractivity contribution in [1.82, 2.24) is 0 Å². The van der Waals surface area contributed by atoms with Crippen LogP contribution < -0.4 is 4.90 Å². The first-order valence-electron chi connectivity index (χ1n) is 31.8. The summed E-state index contributed by atoms with van der Waals surface area (Å²) in [4.78, 5) is 2.42. The summed E-state index contributed by atoms with van der Waals surface area (Å²) in [6.45, 7) is 9.50. The average Bonchev–Trinajstić information content (AvgIpc) is 1.50. The SMILES string of the molecule is CC1(C)c2ccccc2-c2ccc(CCC(c3ccccc3)c3ccc(-c4ccc5c(c4)C4(c6ccccc6-c6cccc(-c7ccccc7)c64)c4cccc(-c6ccc(N(c7ccccc7)c7ccc8c(c7)C(C)(C)c7ccccc7-8)cc6)c4-5)cc3)cc21. The molecule has 89 heavy (non-hydrogen) atoms. The normalized spacial score (nSPS) is 15.7. The number of para-hydroxylation sites is 1. The van der Waals surface area contributed by atoms with E-state index in [1.807, 2.05) is 0 Å². The maximum atomic E-state index is 2.56. The third-order valence-corrected chi connectivity index (χ3v) is 20.8. The van der Waals surface area contributed by atoms with Gasteiger partial charge in [-0.15, -0.1) is 0 Å². The van der Waals surface area contributed by atoms with Crippen LogP contribution in [0.3, 0.4) is 0 Å². The van der Waals surface area contributed by atoms with E-state index >= 15 is 0 Å². The van der Waals surface area contributed by atoms with Crippen molar-refractivity contribution in [3.8, 4) is 77.9 Å². The molecule has 1 heteroatoms. The molecule has 2 atom stereocenters. The van der Waals surface area contributed by atoms with Gasteiger partial charge in [0.15, 0.2) is 0 Å². The van der Waals surface area contributed by atoms with Gasteiger partial charge >= 0.3 is 0 Å². The highest BCUT2D eigenvalue weighted by Crippen LogP contribution is 2.66. The Morgan fingerprint density at radius 3 is 1.44 bits per heavy atom. The predicted molar refractivity (Wildman–Crippen MR) is 372 cm³/mol. The third-order valence-electron chi connectivity index (χ3n) is 20.8. The van der Waals surface area contributed by atoms with Crippen LogP contribution in [0.25, 0.3) is 77.9 Å². The predicted octanol–water partition coefficient (Wildman–Crippen LogP) is 22.9. The molecule has 0 bridgehead atoms. The number of benzene rings is 13. The van der Waals surface area contributed by atoms with Gasteiger partial charge in [0, 0.05) is 33.8 Å². The topological polar surface area (TPSA) is 3.24 Å². The summed E-state index contributed by atoms with van der Waals surface area (Å²) in [5, 5.41) is 0. The average molecular weight is 1140 g/mol. The van der Waals surface area contributed by atoms with Crippen LogP contribution in [0.4, 0.5) is 17.1 Å². The molecule has 17 rings (SSSR count). The summed E-state index contributed by atoms with van der Waals surface area (Å²) in [7, 11) is 0. The van der Waals surface area contributed by atoms with E-state index in [1.165, 1.54) is 139 Å². The first-order valence-corrected chi connectivity index (χ1v) is 31.8. The number of anilines is 3. The minimum absolute atomic E-state index is 0.0249. The number of rotatable bonds is 11. The van der Waals surface area contributed by atoms with Gasteiger partial charge in [0.1, 0.15) is 0 Å². The van der Waals surface area contributed by atoms with Crippen LogP contribution in [0.2, 0.25) is 0 Å². The summed E-state index contributed by atoms with van der Waals surface area (Å²) in [5.41, 5.74) is 35.6. The van der Waals surface area contributed by atoms with Crippen LogP contribution in [0, 0.1) is 0 Å². The van der Waals surface area contributed by atoms with Crippen molar-refractivity contribution in [2.75, 3.05) is 4.90 Å². The number of nitrogens with zero attached hydrogens (tertiary/aromatic N) is 1. The second-order valence-electron chi connectivity index (χ2n) is 26.2. The van der Waals surface area contributed by atoms with Gasteiger partial charge in [-0.1, -0.05) is 289 Å². The lowest BCUT2D eigenvalue weighted by atomic mass is 9.68. The van der Waals surface area contributed by atoms with Crippen LogP contribution >= 0.6 is 0 Å². The summed E-state index contributed by atoms with van der Waals surface area (Å²) >= 11 is 0. The molecular weight excluding hydrogens is 1070 g/mol. The number of hydrogen-bond acceptors (Lipinski definition) is 1. The smallest absolute Gasteiger partial charge is 0.0731 e. The van der Waals surface area contributed by atoms with E-state index in [9.17, 15) is 0 Å². The molecule has 0 radical (unpaired) electrons. The van der Waals surface area contributed by atoms with E-state index in [1.54, 1.807) is 0 Å². The maximum absolute atomic E-state index is 2.56. The van der Waals surface area contributed by atoms with Crippen LogP contribution in [0.5, 0.6) is 0 Å². The van der Waals surface area contributed by atoms with Gasteiger partial charge in [-0.2, -0.15) is 0 Å². The summed E-state index contributed by atoms with van der Waals surface area (Å²) < 4.78 is 0. The molecule has 2 unspecified atom stereocenters. The second-order valence-corrected chi connectivity index (χ2v) is 26.2. The fourth-order valence-corrected chi connectivity index (χ4v) is 16.6. The van der Waals surface area contributed by atoms with Gasteiger partial charge in [0.05, 0.1) is 5.41 Å². The fourth-order valence-electron chi connectivity index (χ4n) is 16.6. The molecule has 0 heterocycles. The Kier molecular flexibility index (Phi) is 12.1. The zero-order valence-corrected chi connectivity index (χ0v) is 50.8. The molecule has 0 aromatic heterocycles. The Morgan fingerprint density at radius 1 is 0.281 bits per heavy atom. The Labute approximate surface area is 524 Å². The molecule has 0 aliphatic heterocycles. The van der Waals surface area contributed by atoms with Gasteiger partial charge in [-0.05, 0) is 194 Å². The molecule has 0 fully saturated rings. The standard InChI is InChI=1S/C88H67N/c1-86(2)77-34-17-14-28-70(77)73-51-39-57(54-81(73)86)38-50-67(59-22-8-5-9-23-59)61-42-40-58(41-43-61)63-46-52-76-83(55-63)88(79-36-19-16-30-72(79)75-33-20-32-69(85(75)88)60-24-10-6-11-25-60)80-37-21-31-68(84(76)80)62-44-47-65(48-45-62)89(64-26-12-7-13-27-64)66-49-53-74-71-29-15-18-35-78(71)87(3,4)82(74)56-66/h5-37,39-49,51-56,67H,38,50H2,1-4H3. The van der Waals surface area contributed by atoms with Crippen LogP contribution in [-0.2, 0) is 22.7 Å². The van der Waals surface area contributed by atoms with Gasteiger partial charge in [-0.25, -0.2) is 0 Å². The fraction of sp³-hybridized carbons (Fsp3) is 0.114. The molecule has 1 spiro atoms. The molecule has 0 N–H and O–H groups in total. The molecule has 1 nitrogen and oxygen atoms in total. The molecule has 13 aromatic carbocycles. The van der Waals surface area contributed by atoms with Crippen LogP contribution in [-0.4, -0.2) is 0 Å². The van der Waals surface area contributed by atoms with Crippen molar-refractivity contribution in [1.29, 1.82) is 0 Å². The minimum Gasteiger partial charge on any atom is -0.310 e. The van der Waals surface area contributed by atoms with Gasteiger partial charge in [0.2, 0.25) is 0 Å². The lowest BCUT2D eigenvalue weighted by Crippen LogP contribution is -2.26. The van der Waals surface area contributed by atoms with Crippen molar-refractivity contribution >= 4 is 17.1 Å². The highest BCUT2D eigenvalue weighted by molar-refractivity contribution is 6.03. The van der Waals surface area contributed by atoms with Crippen molar-refractivity contribution < 1.29 is 0 Å². The Bertz CT molecular complexity index is 4930. The minimum atomic E-state index is -0.603. The second kappa shape index (κ2) is 20.4. The molecule has 0 saturated carbocycles. The largest absolute Gasteiger partial charge is 0.310 e. The quantitative estimate of drug-likeness (QED) is 0.125. The molecule has 0 amide bonds. The van der Waals surface area contributed by atoms with Gasteiger partial charge in [-0.3, -0.25) is 0 Å². The molecule has 0 saturated heterocycles. The lowest BCUT2D eigenvalue weighted by molar-refractivity contribution is 0.656. The summed E-state index contributed by atoms with van der Waals surface area (Å²) in [6, 6.07) is 115. The number of fused-ring (bicyclic) bond motifs is 16. The number of hydrogen-bond donors (Lipinski definition) is 0. The van der Waals surface area contributed by atoms with E-state index in [2.05, 4.69) is 336 Å². The summed E-state index contributed by atoms with van der Waals surface area (Å²) in [6.07, 6.45) is 2.00. The molecule has 4 aliphatic rings. The Morgan fingerprint density at radius 2 is 0.742 bits per heavy atom. The first-order chi connectivity index (χ1) is 43.7. The van der Waals surface area contributed by atoms with Crippen molar-refractivity contribution in [2.24, 2.45) is 0 Å². The van der Waals surface area contributed by atoms with Crippen molar-refractivity contribution in [2.45, 2.75) is 62.7 Å². The van der Waals surface area contributed by atoms with Gasteiger partial charge < -0.3 is 4.90 Å². The van der Waals surface area contributed by atoms with Crippen LogP contribution in [0.1, 0.15) is 101 Å². The van der Waals surface area contributed by atoms with E-state index in [0.29, 0.717) is 0 Å². The monoisotopic (exact) mass is 1140 g/mol. The van der Waals surface area contributed by atoms with Crippen molar-refractivity contribution in [3.63, 3.8) is 0 Å². The van der Waals surface area contributed by atoms with Crippen LogP contribution in [0.15, 0.2) is 303 Å². The van der Waals surface area contributed by atoms with E-state index < -0.39 is 5.41 Å². The zero-order chi connectivity index (χ0) is 59.6. The lowest BCUT2D eigenvalue weighted by Gasteiger charge is -2.32. The van der Waals surface area contributed by atoms with E-state index in [4.69, 9.17) is 0 Å². The number of aryl methyl sites for hydroxylation is 1. The van der Waals surface area contributed by atoms with Crippen molar-refractivity contribution in [3.05, 3.63) is 365 Å². The Hall–Kier alpha value is -10.3. The molecular formula is C88H67N. The highest BCUT2D eigenvalue weighted by Gasteiger charge is 2.53. The third kappa shape index (κ3) is 8.07. The van der Waals surface area contributed by atoms with Gasteiger partial charge in [0.25, 0.3) is 0 Å². The zero-order valence-electron chi connectivity index (χ0n) is 50.8. The first kappa shape index (κ1) is 52.9. The summed E-state index contributed by atoms with van der Waals surface area (Å²) in [5.74, 6) is 0.239. The maximum Gasteiger partial charge on any atom is 0.0731 e. The van der Waals surface area contributed by atoms with E-state index in [0.717, 1.165) is 29.9 Å².